The van der Waals surface area contributed by atoms with Gasteiger partial charge in [0.15, 0.2) is 0 Å². The molecule has 2 N–H and O–H groups in total. The van der Waals surface area contributed by atoms with Crippen LogP contribution in [0.4, 0.5) is 5.95 Å². The Labute approximate surface area is 96.5 Å². The third-order valence-corrected chi connectivity index (χ3v) is 2.43. The maximum atomic E-state index is 11.8. The van der Waals surface area contributed by atoms with Gasteiger partial charge >= 0.3 is 0 Å². The zero-order chi connectivity index (χ0) is 12.1. The molecule has 16 heavy (non-hydrogen) atoms. The van der Waals surface area contributed by atoms with Gasteiger partial charge in [-0.15, -0.1) is 0 Å². The molecule has 0 aromatic carbocycles. The van der Waals surface area contributed by atoms with E-state index < -0.39 is 0 Å². The molecule has 0 aliphatic carbocycles. The van der Waals surface area contributed by atoms with E-state index in [9.17, 15) is 4.79 Å². The van der Waals surface area contributed by atoms with Crippen LogP contribution in [0.5, 0.6) is 0 Å². The number of rotatable bonds is 5. The summed E-state index contributed by atoms with van der Waals surface area (Å²) in [5.74, 6) is 0.567. The zero-order valence-corrected chi connectivity index (χ0v) is 10.6. The Balaban J connectivity index is 2.93. The number of aromatic amines is 1. The van der Waals surface area contributed by atoms with Crippen LogP contribution in [0.3, 0.4) is 0 Å². The van der Waals surface area contributed by atoms with Gasteiger partial charge in [0.05, 0.1) is 0 Å². The van der Waals surface area contributed by atoms with Crippen molar-refractivity contribution in [3.05, 3.63) is 21.6 Å². The molecule has 1 aromatic rings. The molecule has 0 saturated heterocycles. The predicted molar refractivity (Wildman–Crippen MR) is 67.0 cm³/mol. The van der Waals surface area contributed by atoms with Crippen LogP contribution in [-0.2, 0) is 6.42 Å². The van der Waals surface area contributed by atoms with Gasteiger partial charge in [0.25, 0.3) is 5.56 Å². The van der Waals surface area contributed by atoms with Crippen LogP contribution in [0.1, 0.15) is 44.9 Å². The summed E-state index contributed by atoms with van der Waals surface area (Å²) < 4.78 is 0. The third kappa shape index (κ3) is 3.36. The quantitative estimate of drug-likeness (QED) is 0.805. The van der Waals surface area contributed by atoms with Gasteiger partial charge in [0.2, 0.25) is 5.95 Å². The lowest BCUT2D eigenvalue weighted by Gasteiger charge is -2.10. The average Bonchev–Trinajstić information content (AvgIpc) is 2.15. The Hall–Kier alpha value is -1.32. The van der Waals surface area contributed by atoms with E-state index in [-0.39, 0.29) is 11.6 Å². The number of nitrogens with one attached hydrogen (secondary N) is 2. The van der Waals surface area contributed by atoms with Crippen LogP contribution in [0.15, 0.2) is 4.79 Å². The highest BCUT2D eigenvalue weighted by molar-refractivity contribution is 5.29. The van der Waals surface area contributed by atoms with Crippen LogP contribution in [0.25, 0.3) is 0 Å². The Kier molecular flexibility index (Phi) is 4.52. The molecule has 1 heterocycles. The van der Waals surface area contributed by atoms with Crippen LogP contribution >= 0.6 is 0 Å². The minimum absolute atomic E-state index is 0.0101. The van der Waals surface area contributed by atoms with Crippen molar-refractivity contribution in [1.82, 2.24) is 9.97 Å². The number of aromatic nitrogens is 2. The summed E-state index contributed by atoms with van der Waals surface area (Å²) in [6.07, 6.45) is 2.93. The van der Waals surface area contributed by atoms with E-state index in [2.05, 4.69) is 22.2 Å². The Morgan fingerprint density at radius 2 is 2.12 bits per heavy atom. The second kappa shape index (κ2) is 5.68. The van der Waals surface area contributed by atoms with E-state index in [1.807, 2.05) is 20.8 Å². The SMILES string of the molecule is CCCCc1c(C)nc(NC(C)C)[nH]c1=O. The van der Waals surface area contributed by atoms with Gasteiger partial charge in [0.1, 0.15) is 0 Å². The lowest BCUT2D eigenvalue weighted by molar-refractivity contribution is 0.771. The standard InChI is InChI=1S/C12H21N3O/c1-5-6-7-10-9(4)14-12(13-8(2)3)15-11(10)16/h8H,5-7H2,1-4H3,(H2,13,14,15,16). The first-order valence-electron chi connectivity index (χ1n) is 5.91. The van der Waals surface area contributed by atoms with E-state index in [4.69, 9.17) is 0 Å². The monoisotopic (exact) mass is 223 g/mol. The summed E-state index contributed by atoms with van der Waals surface area (Å²) >= 11 is 0. The molecule has 0 aliphatic rings. The van der Waals surface area contributed by atoms with Crippen molar-refractivity contribution in [3.63, 3.8) is 0 Å². The van der Waals surface area contributed by atoms with Gasteiger partial charge in [-0.3, -0.25) is 9.78 Å². The summed E-state index contributed by atoms with van der Waals surface area (Å²) in [6, 6.07) is 0.268. The molecule has 0 saturated carbocycles. The maximum absolute atomic E-state index is 11.8. The summed E-state index contributed by atoms with van der Waals surface area (Å²) in [5, 5.41) is 3.10. The number of aryl methyl sites for hydroxylation is 1. The van der Waals surface area contributed by atoms with Crippen LogP contribution in [0, 0.1) is 6.92 Å². The number of hydrogen-bond acceptors (Lipinski definition) is 3. The second-order valence-electron chi connectivity index (χ2n) is 4.38. The molecule has 1 aromatic heterocycles. The van der Waals surface area contributed by atoms with Crippen LogP contribution < -0.4 is 10.9 Å². The molecule has 0 bridgehead atoms. The van der Waals surface area contributed by atoms with Crippen molar-refractivity contribution < 1.29 is 0 Å². The Bertz CT molecular complexity index is 396. The highest BCUT2D eigenvalue weighted by atomic mass is 16.1. The fourth-order valence-corrected chi connectivity index (χ4v) is 1.60. The van der Waals surface area contributed by atoms with Crippen molar-refractivity contribution in [2.75, 3.05) is 5.32 Å². The molecule has 4 heteroatoms. The lowest BCUT2D eigenvalue weighted by Crippen LogP contribution is -2.21. The normalized spacial score (nSPS) is 10.8. The Morgan fingerprint density at radius 1 is 1.44 bits per heavy atom. The predicted octanol–water partition coefficient (Wildman–Crippen LogP) is 2.24. The van der Waals surface area contributed by atoms with Crippen LogP contribution in [0.2, 0.25) is 0 Å². The fourth-order valence-electron chi connectivity index (χ4n) is 1.60. The van der Waals surface area contributed by atoms with Gasteiger partial charge in [-0.25, -0.2) is 4.98 Å². The van der Waals surface area contributed by atoms with Gasteiger partial charge in [0, 0.05) is 17.3 Å². The third-order valence-electron chi connectivity index (χ3n) is 2.43. The van der Waals surface area contributed by atoms with Gasteiger partial charge in [-0.05, 0) is 33.6 Å². The lowest BCUT2D eigenvalue weighted by atomic mass is 10.1. The first-order chi connectivity index (χ1) is 7.54. The number of nitrogens with zero attached hydrogens (tertiary/aromatic N) is 1. The number of anilines is 1. The van der Waals surface area contributed by atoms with Crippen molar-refractivity contribution in [3.8, 4) is 0 Å². The molecule has 0 fully saturated rings. The molecule has 0 spiro atoms. The Morgan fingerprint density at radius 3 is 2.62 bits per heavy atom. The molecular weight excluding hydrogens is 202 g/mol. The first-order valence-corrected chi connectivity index (χ1v) is 5.91. The first kappa shape index (κ1) is 12.7. The highest BCUT2D eigenvalue weighted by Gasteiger charge is 2.07. The number of H-pyrrole nitrogens is 1. The topological polar surface area (TPSA) is 57.8 Å². The van der Waals surface area contributed by atoms with E-state index >= 15 is 0 Å². The maximum Gasteiger partial charge on any atom is 0.255 e. The molecule has 4 nitrogen and oxygen atoms in total. The average molecular weight is 223 g/mol. The molecule has 0 unspecified atom stereocenters. The summed E-state index contributed by atoms with van der Waals surface area (Å²) in [6.45, 7) is 8.04. The molecule has 0 amide bonds. The van der Waals surface area contributed by atoms with E-state index in [0.717, 1.165) is 30.5 Å². The highest BCUT2D eigenvalue weighted by Crippen LogP contribution is 2.06. The smallest absolute Gasteiger partial charge is 0.255 e. The molecule has 0 aliphatic heterocycles. The van der Waals surface area contributed by atoms with E-state index in [0.29, 0.717) is 5.95 Å². The largest absolute Gasteiger partial charge is 0.354 e. The van der Waals surface area contributed by atoms with Crippen LogP contribution in [-0.4, -0.2) is 16.0 Å². The summed E-state index contributed by atoms with van der Waals surface area (Å²) in [7, 11) is 0. The van der Waals surface area contributed by atoms with Crippen molar-refractivity contribution in [1.29, 1.82) is 0 Å². The molecule has 0 radical (unpaired) electrons. The van der Waals surface area contributed by atoms with Crippen molar-refractivity contribution in [2.45, 2.75) is 53.0 Å². The van der Waals surface area contributed by atoms with Gasteiger partial charge in [-0.2, -0.15) is 0 Å². The summed E-state index contributed by atoms with van der Waals surface area (Å²) in [4.78, 5) is 19.0. The minimum atomic E-state index is -0.0101. The zero-order valence-electron chi connectivity index (χ0n) is 10.6. The van der Waals surface area contributed by atoms with E-state index in [1.165, 1.54) is 0 Å². The molecule has 0 atom stereocenters. The fraction of sp³-hybridized carbons (Fsp3) is 0.667. The van der Waals surface area contributed by atoms with Gasteiger partial charge in [-0.1, -0.05) is 13.3 Å². The molecular formula is C12H21N3O. The number of hydrogen-bond donors (Lipinski definition) is 2. The van der Waals surface area contributed by atoms with E-state index in [1.54, 1.807) is 0 Å². The number of unbranched alkanes of at least 4 members (excludes halogenated alkanes) is 1. The minimum Gasteiger partial charge on any atom is -0.354 e. The van der Waals surface area contributed by atoms with Crippen molar-refractivity contribution in [2.24, 2.45) is 0 Å². The van der Waals surface area contributed by atoms with Crippen molar-refractivity contribution >= 4 is 5.95 Å². The molecule has 90 valence electrons. The second-order valence-corrected chi connectivity index (χ2v) is 4.38. The van der Waals surface area contributed by atoms with Gasteiger partial charge < -0.3 is 5.32 Å². The summed E-state index contributed by atoms with van der Waals surface area (Å²) in [5.41, 5.74) is 1.64. The molecule has 1 rings (SSSR count).